The molecule has 0 saturated carbocycles. The SMILES string of the molecule is CCOC(=O)c1ccc(N2CCN(C(C)C(=O)N3CCc4sccc4C3)CC2)nc1. The maximum absolute atomic E-state index is 13.1. The van der Waals surface area contributed by atoms with Gasteiger partial charge in [0.05, 0.1) is 18.2 Å². The van der Waals surface area contributed by atoms with Crippen molar-refractivity contribution in [3.05, 3.63) is 45.8 Å². The Morgan fingerprint density at radius 2 is 1.97 bits per heavy atom. The molecule has 4 rings (SSSR count). The lowest BCUT2D eigenvalue weighted by molar-refractivity contribution is -0.137. The summed E-state index contributed by atoms with van der Waals surface area (Å²) in [6.07, 6.45) is 2.54. The third-order valence-corrected chi connectivity index (χ3v) is 6.94. The number of ether oxygens (including phenoxy) is 1. The maximum atomic E-state index is 13.1. The number of piperazine rings is 1. The van der Waals surface area contributed by atoms with Gasteiger partial charge in [-0.15, -0.1) is 11.3 Å². The standard InChI is InChI=1S/C22H28N4O3S/c1-3-29-22(28)17-4-5-20(23-14-17)25-11-9-24(10-12-25)16(2)21(27)26-8-6-19-18(15-26)7-13-30-19/h4-5,7,13-14,16H,3,6,8-12,15H2,1-2H3. The number of amides is 1. The third kappa shape index (κ3) is 4.34. The predicted molar refractivity (Wildman–Crippen MR) is 117 cm³/mol. The van der Waals surface area contributed by atoms with Gasteiger partial charge in [-0.3, -0.25) is 9.69 Å². The highest BCUT2D eigenvalue weighted by molar-refractivity contribution is 7.10. The Hall–Kier alpha value is -2.45. The fraction of sp³-hybridized carbons (Fsp3) is 0.500. The molecule has 1 saturated heterocycles. The van der Waals surface area contributed by atoms with Crippen LogP contribution in [0.5, 0.6) is 0 Å². The van der Waals surface area contributed by atoms with Gasteiger partial charge in [0.25, 0.3) is 0 Å². The van der Waals surface area contributed by atoms with Crippen molar-refractivity contribution in [1.82, 2.24) is 14.8 Å². The molecule has 1 atom stereocenters. The van der Waals surface area contributed by atoms with Crippen LogP contribution in [-0.2, 0) is 22.5 Å². The third-order valence-electron chi connectivity index (χ3n) is 5.92. The molecule has 1 unspecified atom stereocenters. The highest BCUT2D eigenvalue weighted by atomic mass is 32.1. The van der Waals surface area contributed by atoms with Crippen LogP contribution in [0.4, 0.5) is 5.82 Å². The summed E-state index contributed by atoms with van der Waals surface area (Å²) >= 11 is 1.79. The van der Waals surface area contributed by atoms with Gasteiger partial charge < -0.3 is 14.5 Å². The highest BCUT2D eigenvalue weighted by Crippen LogP contribution is 2.25. The first kappa shape index (κ1) is 20.8. The average molecular weight is 429 g/mol. The first-order chi connectivity index (χ1) is 14.6. The molecule has 2 aromatic rings. The molecule has 7 nitrogen and oxygen atoms in total. The van der Waals surface area contributed by atoms with E-state index in [4.69, 9.17) is 4.74 Å². The summed E-state index contributed by atoms with van der Waals surface area (Å²) in [6.45, 7) is 8.94. The molecular weight excluding hydrogens is 400 g/mol. The van der Waals surface area contributed by atoms with Gasteiger partial charge >= 0.3 is 5.97 Å². The molecule has 1 amide bonds. The Kier molecular flexibility index (Phi) is 6.34. The lowest BCUT2D eigenvalue weighted by atomic mass is 10.1. The van der Waals surface area contributed by atoms with Crippen LogP contribution < -0.4 is 4.90 Å². The number of nitrogens with zero attached hydrogens (tertiary/aromatic N) is 4. The minimum absolute atomic E-state index is 0.119. The quantitative estimate of drug-likeness (QED) is 0.682. The van der Waals surface area contributed by atoms with Crippen LogP contribution in [0.1, 0.15) is 34.6 Å². The number of esters is 1. The molecule has 0 radical (unpaired) electrons. The van der Waals surface area contributed by atoms with Crippen LogP contribution in [0.2, 0.25) is 0 Å². The molecule has 160 valence electrons. The van der Waals surface area contributed by atoms with Crippen molar-refractivity contribution in [3.8, 4) is 0 Å². The second-order valence-corrected chi connectivity index (χ2v) is 8.70. The van der Waals surface area contributed by atoms with Crippen LogP contribution in [0.15, 0.2) is 29.8 Å². The Morgan fingerprint density at radius 3 is 2.67 bits per heavy atom. The Labute approximate surface area is 181 Å². The van der Waals surface area contributed by atoms with E-state index in [1.54, 1.807) is 30.5 Å². The number of hydrogen-bond acceptors (Lipinski definition) is 7. The van der Waals surface area contributed by atoms with Crippen molar-refractivity contribution in [2.45, 2.75) is 32.9 Å². The molecule has 0 aliphatic carbocycles. The number of rotatable bonds is 5. The number of hydrogen-bond donors (Lipinski definition) is 0. The first-order valence-electron chi connectivity index (χ1n) is 10.5. The molecule has 30 heavy (non-hydrogen) atoms. The Bertz CT molecular complexity index is 890. The number of carbonyl (C=O) groups is 2. The molecular formula is C22H28N4O3S. The fourth-order valence-electron chi connectivity index (χ4n) is 4.10. The maximum Gasteiger partial charge on any atom is 0.339 e. The highest BCUT2D eigenvalue weighted by Gasteiger charge is 2.31. The summed E-state index contributed by atoms with van der Waals surface area (Å²) in [5.41, 5.74) is 1.77. The predicted octanol–water partition coefficient (Wildman–Crippen LogP) is 2.42. The summed E-state index contributed by atoms with van der Waals surface area (Å²) in [6, 6.07) is 5.64. The molecule has 8 heteroatoms. The number of carbonyl (C=O) groups excluding carboxylic acids is 2. The second-order valence-electron chi connectivity index (χ2n) is 7.70. The Balaban J connectivity index is 1.31. The van der Waals surface area contributed by atoms with E-state index in [9.17, 15) is 9.59 Å². The molecule has 0 N–H and O–H groups in total. The first-order valence-corrected chi connectivity index (χ1v) is 11.4. The zero-order chi connectivity index (χ0) is 21.1. The summed E-state index contributed by atoms with van der Waals surface area (Å²) < 4.78 is 5.01. The number of thiophene rings is 1. The minimum atomic E-state index is -0.346. The van der Waals surface area contributed by atoms with E-state index >= 15 is 0 Å². The van der Waals surface area contributed by atoms with Crippen molar-refractivity contribution in [3.63, 3.8) is 0 Å². The van der Waals surface area contributed by atoms with Crippen LogP contribution in [0, 0.1) is 0 Å². The molecule has 2 aliphatic rings. The van der Waals surface area contributed by atoms with Gasteiger partial charge in [-0.1, -0.05) is 0 Å². The van der Waals surface area contributed by atoms with Crippen LogP contribution in [-0.4, -0.2) is 72.0 Å². The Morgan fingerprint density at radius 1 is 1.17 bits per heavy atom. The molecule has 1 fully saturated rings. The number of anilines is 1. The van der Waals surface area contributed by atoms with Crippen molar-refractivity contribution >= 4 is 29.0 Å². The van der Waals surface area contributed by atoms with Gasteiger partial charge in [-0.05, 0) is 49.4 Å². The molecule has 0 bridgehead atoms. The number of aromatic nitrogens is 1. The van der Waals surface area contributed by atoms with Gasteiger partial charge in [0.1, 0.15) is 5.82 Å². The van der Waals surface area contributed by atoms with E-state index in [-0.39, 0.29) is 17.9 Å². The zero-order valence-corrected chi connectivity index (χ0v) is 18.4. The topological polar surface area (TPSA) is 66.0 Å². The molecule has 0 spiro atoms. The van der Waals surface area contributed by atoms with Crippen LogP contribution in [0.3, 0.4) is 0 Å². The van der Waals surface area contributed by atoms with Gasteiger partial charge in [-0.25, -0.2) is 9.78 Å². The largest absolute Gasteiger partial charge is 0.462 e. The summed E-state index contributed by atoms with van der Waals surface area (Å²) in [4.78, 5) is 37.1. The summed E-state index contributed by atoms with van der Waals surface area (Å²) in [7, 11) is 0. The van der Waals surface area contributed by atoms with Crippen LogP contribution in [0.25, 0.3) is 0 Å². The van der Waals surface area contributed by atoms with Crippen molar-refractivity contribution < 1.29 is 14.3 Å². The zero-order valence-electron chi connectivity index (χ0n) is 17.5. The molecule has 2 aromatic heterocycles. The van der Waals surface area contributed by atoms with Gasteiger partial charge in [0, 0.05) is 50.3 Å². The van der Waals surface area contributed by atoms with Gasteiger partial charge in [0.15, 0.2) is 0 Å². The smallest absolute Gasteiger partial charge is 0.339 e. The van der Waals surface area contributed by atoms with Crippen LogP contribution >= 0.6 is 11.3 Å². The summed E-state index contributed by atoms with van der Waals surface area (Å²) in [5, 5.41) is 2.12. The van der Waals surface area contributed by atoms with Crippen molar-refractivity contribution in [2.24, 2.45) is 0 Å². The van der Waals surface area contributed by atoms with Crippen molar-refractivity contribution in [1.29, 1.82) is 0 Å². The van der Waals surface area contributed by atoms with Gasteiger partial charge in [-0.2, -0.15) is 0 Å². The number of fused-ring (bicyclic) bond motifs is 1. The van der Waals surface area contributed by atoms with E-state index in [1.807, 2.05) is 17.9 Å². The molecule has 2 aliphatic heterocycles. The van der Waals surface area contributed by atoms with Crippen molar-refractivity contribution in [2.75, 3.05) is 44.2 Å². The number of pyridine rings is 1. The van der Waals surface area contributed by atoms with E-state index < -0.39 is 0 Å². The molecule has 0 aromatic carbocycles. The van der Waals surface area contributed by atoms with Gasteiger partial charge in [0.2, 0.25) is 5.91 Å². The normalized spacial score (nSPS) is 18.1. The lowest BCUT2D eigenvalue weighted by Gasteiger charge is -2.40. The average Bonchev–Trinajstić information content (AvgIpc) is 3.26. The van der Waals surface area contributed by atoms with E-state index in [0.717, 1.165) is 51.5 Å². The fourth-order valence-corrected chi connectivity index (χ4v) is 4.99. The minimum Gasteiger partial charge on any atom is -0.462 e. The second kappa shape index (κ2) is 9.14. The monoisotopic (exact) mass is 428 g/mol. The van der Waals surface area contributed by atoms with E-state index in [1.165, 1.54) is 10.4 Å². The lowest BCUT2D eigenvalue weighted by Crippen LogP contribution is -2.55. The van der Waals surface area contributed by atoms with E-state index in [2.05, 4.69) is 26.2 Å². The summed E-state index contributed by atoms with van der Waals surface area (Å²) in [5.74, 6) is 0.723. The van der Waals surface area contributed by atoms with E-state index in [0.29, 0.717) is 12.2 Å². The molecule has 4 heterocycles.